The van der Waals surface area contributed by atoms with Gasteiger partial charge in [0.05, 0.1) is 0 Å². The monoisotopic (exact) mass is 274 g/mol. The van der Waals surface area contributed by atoms with Crippen LogP contribution in [-0.4, -0.2) is 30.4 Å². The smallest absolute Gasteiger partial charge is 0.407 e. The summed E-state index contributed by atoms with van der Waals surface area (Å²) in [5, 5.41) is 2.70. The van der Waals surface area contributed by atoms with Crippen LogP contribution in [0.1, 0.15) is 42.6 Å². The highest BCUT2D eigenvalue weighted by Gasteiger charge is 2.23. The maximum Gasteiger partial charge on any atom is 0.407 e. The summed E-state index contributed by atoms with van der Waals surface area (Å²) in [6.45, 7) is 5.77. The molecule has 0 radical (unpaired) electrons. The molecule has 1 heterocycles. The number of hydrogen-bond donors (Lipinski definition) is 1. The summed E-state index contributed by atoms with van der Waals surface area (Å²) in [6.07, 6.45) is 1.10. The fraction of sp³-hybridized carbons (Fsp3) is 0.400. The van der Waals surface area contributed by atoms with Crippen molar-refractivity contribution in [1.82, 2.24) is 5.32 Å². The second kappa shape index (κ2) is 5.45. The van der Waals surface area contributed by atoms with Gasteiger partial charge in [-0.05, 0) is 32.4 Å². The summed E-state index contributed by atoms with van der Waals surface area (Å²) < 4.78 is 5.18. The lowest BCUT2D eigenvalue weighted by Gasteiger charge is -2.22. The molecule has 1 aromatic rings. The van der Waals surface area contributed by atoms with Crippen molar-refractivity contribution in [3.05, 3.63) is 35.4 Å². The Kier molecular flexibility index (Phi) is 3.88. The largest absolute Gasteiger partial charge is 0.444 e. The molecule has 0 aromatic heterocycles. The summed E-state index contributed by atoms with van der Waals surface area (Å²) in [5.41, 5.74) is 0.938. The number of nitrogens with zero attached hydrogens (tertiary/aromatic N) is 1. The van der Waals surface area contributed by atoms with Crippen molar-refractivity contribution < 1.29 is 14.3 Å². The summed E-state index contributed by atoms with van der Waals surface area (Å²) in [6, 6.07) is 7.29. The van der Waals surface area contributed by atoms with E-state index in [-0.39, 0.29) is 11.8 Å². The van der Waals surface area contributed by atoms with E-state index in [1.165, 1.54) is 0 Å². The minimum absolute atomic E-state index is 0.114. The van der Waals surface area contributed by atoms with Crippen molar-refractivity contribution in [3.63, 3.8) is 0 Å². The third kappa shape index (κ3) is 3.44. The fourth-order valence-electron chi connectivity index (χ4n) is 1.99. The molecule has 20 heavy (non-hydrogen) atoms. The predicted molar refractivity (Wildman–Crippen MR) is 76.2 cm³/mol. The van der Waals surface area contributed by atoms with Gasteiger partial charge in [0.2, 0.25) is 0 Å². The molecular formula is C15H18N2O3. The molecule has 1 unspecified atom stereocenters. The Morgan fingerprint density at radius 2 is 2.05 bits per heavy atom. The first kappa shape index (κ1) is 14.2. The molecule has 1 atom stereocenters. The van der Waals surface area contributed by atoms with Crippen LogP contribution in [0, 0.1) is 0 Å². The first-order valence-corrected chi connectivity index (χ1v) is 6.51. The topological polar surface area (TPSA) is 67.8 Å². The van der Waals surface area contributed by atoms with E-state index >= 15 is 0 Å². The summed E-state index contributed by atoms with van der Waals surface area (Å²) in [5.74, 6) is -0.356. The number of alkyl carbamates (subject to hydrolysis) is 1. The van der Waals surface area contributed by atoms with Crippen molar-refractivity contribution in [1.29, 1.82) is 0 Å². The Hall–Kier alpha value is -2.17. The molecule has 1 N–H and O–H groups in total. The third-order valence-corrected chi connectivity index (χ3v) is 2.83. The Morgan fingerprint density at radius 1 is 1.35 bits per heavy atom. The minimum Gasteiger partial charge on any atom is -0.444 e. The molecule has 5 heteroatoms. The summed E-state index contributed by atoms with van der Waals surface area (Å²) in [4.78, 5) is 27.1. The van der Waals surface area contributed by atoms with Gasteiger partial charge in [0.1, 0.15) is 5.60 Å². The molecule has 0 saturated heterocycles. The Balaban J connectivity index is 2.03. The van der Waals surface area contributed by atoms with Crippen LogP contribution in [0.15, 0.2) is 29.3 Å². The first-order valence-electron chi connectivity index (χ1n) is 6.51. The van der Waals surface area contributed by atoms with Gasteiger partial charge >= 0.3 is 6.09 Å². The number of hydrogen-bond acceptors (Lipinski definition) is 3. The van der Waals surface area contributed by atoms with Gasteiger partial charge in [-0.15, -0.1) is 0 Å². The van der Waals surface area contributed by atoms with Gasteiger partial charge in [-0.25, -0.2) is 9.79 Å². The first-order chi connectivity index (χ1) is 9.37. The molecule has 0 aliphatic carbocycles. The lowest BCUT2D eigenvalue weighted by molar-refractivity contribution is 0.0527. The van der Waals surface area contributed by atoms with E-state index in [9.17, 15) is 9.59 Å². The quantitative estimate of drug-likeness (QED) is 0.901. The molecule has 2 rings (SSSR count). The number of carbonyl (C=O) groups is 2. The second-order valence-corrected chi connectivity index (χ2v) is 5.66. The predicted octanol–water partition coefficient (Wildman–Crippen LogP) is 2.52. The van der Waals surface area contributed by atoms with E-state index in [1.54, 1.807) is 18.3 Å². The zero-order valence-electron chi connectivity index (χ0n) is 11.8. The highest BCUT2D eigenvalue weighted by atomic mass is 16.6. The molecule has 106 valence electrons. The molecule has 2 amide bonds. The Morgan fingerprint density at radius 3 is 2.75 bits per heavy atom. The third-order valence-electron chi connectivity index (χ3n) is 2.83. The van der Waals surface area contributed by atoms with Gasteiger partial charge < -0.3 is 10.1 Å². The van der Waals surface area contributed by atoms with E-state index in [0.29, 0.717) is 12.1 Å². The maximum absolute atomic E-state index is 11.6. The van der Waals surface area contributed by atoms with Crippen molar-refractivity contribution in [3.8, 4) is 0 Å². The van der Waals surface area contributed by atoms with E-state index in [2.05, 4.69) is 10.3 Å². The molecule has 0 saturated carbocycles. The zero-order chi connectivity index (χ0) is 14.8. The lowest BCUT2D eigenvalue weighted by atomic mass is 9.92. The number of amides is 2. The Labute approximate surface area is 118 Å². The standard InChI is InChI=1S/C15H18N2O3/c1-15(2,3)20-14(19)17-9-10-8-16-13(18)12-7-5-4-6-11(10)12/h4-8,10H,9H2,1-3H3,(H,17,19). The van der Waals surface area contributed by atoms with Crippen LogP contribution < -0.4 is 5.32 Å². The number of aliphatic imine (C=N–C) groups is 1. The van der Waals surface area contributed by atoms with Gasteiger partial charge in [0, 0.05) is 24.2 Å². The second-order valence-electron chi connectivity index (χ2n) is 5.66. The molecular weight excluding hydrogens is 256 g/mol. The van der Waals surface area contributed by atoms with Crippen LogP contribution in [0.3, 0.4) is 0 Å². The average Bonchev–Trinajstić information content (AvgIpc) is 2.36. The van der Waals surface area contributed by atoms with Crippen LogP contribution >= 0.6 is 0 Å². The molecule has 0 spiro atoms. The van der Waals surface area contributed by atoms with Crippen LogP contribution in [0.2, 0.25) is 0 Å². The van der Waals surface area contributed by atoms with Gasteiger partial charge in [0.15, 0.2) is 0 Å². The van der Waals surface area contributed by atoms with Crippen LogP contribution in [0.25, 0.3) is 0 Å². The van der Waals surface area contributed by atoms with E-state index in [1.807, 2.05) is 32.9 Å². The number of rotatable bonds is 2. The van der Waals surface area contributed by atoms with Gasteiger partial charge in [-0.3, -0.25) is 4.79 Å². The molecule has 0 fully saturated rings. The minimum atomic E-state index is -0.529. The van der Waals surface area contributed by atoms with Crippen LogP contribution in [0.4, 0.5) is 4.79 Å². The number of carbonyl (C=O) groups excluding carboxylic acids is 2. The molecule has 5 nitrogen and oxygen atoms in total. The molecule has 0 bridgehead atoms. The van der Waals surface area contributed by atoms with Gasteiger partial charge in [-0.2, -0.15) is 0 Å². The van der Waals surface area contributed by atoms with Crippen LogP contribution in [0.5, 0.6) is 0 Å². The van der Waals surface area contributed by atoms with E-state index < -0.39 is 11.7 Å². The van der Waals surface area contributed by atoms with E-state index in [4.69, 9.17) is 4.74 Å². The van der Waals surface area contributed by atoms with Gasteiger partial charge in [-0.1, -0.05) is 18.2 Å². The lowest BCUT2D eigenvalue weighted by Crippen LogP contribution is -2.35. The highest BCUT2D eigenvalue weighted by molar-refractivity contribution is 6.04. The highest BCUT2D eigenvalue weighted by Crippen LogP contribution is 2.23. The van der Waals surface area contributed by atoms with Crippen molar-refractivity contribution in [2.75, 3.05) is 6.54 Å². The van der Waals surface area contributed by atoms with Gasteiger partial charge in [0.25, 0.3) is 5.91 Å². The fourth-order valence-corrected chi connectivity index (χ4v) is 1.99. The number of benzene rings is 1. The number of ether oxygens (including phenoxy) is 1. The van der Waals surface area contributed by atoms with E-state index in [0.717, 1.165) is 5.56 Å². The normalized spacial score (nSPS) is 17.6. The average molecular weight is 274 g/mol. The van der Waals surface area contributed by atoms with Crippen molar-refractivity contribution in [2.24, 2.45) is 4.99 Å². The molecule has 1 aromatic carbocycles. The maximum atomic E-state index is 11.6. The summed E-state index contributed by atoms with van der Waals surface area (Å²) in [7, 11) is 0. The SMILES string of the molecule is CC(C)(C)OC(=O)NCC1C=NC(=O)c2ccccc21. The molecule has 1 aliphatic rings. The Bertz CT molecular complexity index is 558. The summed E-state index contributed by atoms with van der Waals surface area (Å²) >= 11 is 0. The number of fused-ring (bicyclic) bond motifs is 1. The number of nitrogens with one attached hydrogen (secondary N) is 1. The van der Waals surface area contributed by atoms with Crippen LogP contribution in [-0.2, 0) is 4.74 Å². The molecule has 1 aliphatic heterocycles. The van der Waals surface area contributed by atoms with Crippen molar-refractivity contribution >= 4 is 18.2 Å². The van der Waals surface area contributed by atoms with Crippen molar-refractivity contribution in [2.45, 2.75) is 32.3 Å². The zero-order valence-corrected chi connectivity index (χ0v) is 11.8.